The Bertz CT molecular complexity index is 422. The van der Waals surface area contributed by atoms with Gasteiger partial charge in [-0.25, -0.2) is 0 Å². The van der Waals surface area contributed by atoms with Gasteiger partial charge in [-0.2, -0.15) is 11.8 Å². The van der Waals surface area contributed by atoms with E-state index in [2.05, 4.69) is 38.1 Å². The lowest BCUT2D eigenvalue weighted by Gasteiger charge is -2.25. The van der Waals surface area contributed by atoms with Crippen molar-refractivity contribution in [2.24, 2.45) is 0 Å². The van der Waals surface area contributed by atoms with Crippen LogP contribution in [0.5, 0.6) is 0 Å². The maximum Gasteiger partial charge on any atom is 0.233 e. The number of benzene rings is 1. The van der Waals surface area contributed by atoms with Gasteiger partial charge in [0.15, 0.2) is 0 Å². The molecule has 2 rings (SSSR count). The van der Waals surface area contributed by atoms with Crippen molar-refractivity contribution in [3.8, 4) is 0 Å². The zero-order valence-electron chi connectivity index (χ0n) is 10.9. The molecular weight excluding hydrogens is 262 g/mol. The summed E-state index contributed by atoms with van der Waals surface area (Å²) in [4.78, 5) is 14.0. The van der Waals surface area contributed by atoms with E-state index in [-0.39, 0.29) is 11.3 Å². The van der Waals surface area contributed by atoms with Crippen LogP contribution >= 0.6 is 23.5 Å². The average molecular weight is 281 g/mol. The largest absolute Gasteiger partial charge is 0.325 e. The highest BCUT2D eigenvalue weighted by atomic mass is 32.2. The predicted molar refractivity (Wildman–Crippen MR) is 81.1 cm³/mol. The summed E-state index contributed by atoms with van der Waals surface area (Å²) in [7, 11) is 0. The molecule has 1 heterocycles. The molecule has 1 aliphatic heterocycles. The lowest BCUT2D eigenvalue weighted by Crippen LogP contribution is -2.30. The van der Waals surface area contributed by atoms with Crippen LogP contribution in [0.4, 0.5) is 0 Å². The van der Waals surface area contributed by atoms with Crippen LogP contribution in [-0.4, -0.2) is 34.6 Å². The normalized spacial score (nSPS) is 19.6. The SMILES string of the molecule is CCSCCN1C(=O)CSC1c1ccccc1C. The van der Waals surface area contributed by atoms with Crippen LogP contribution < -0.4 is 0 Å². The molecule has 0 bridgehead atoms. The van der Waals surface area contributed by atoms with Crippen molar-refractivity contribution in [2.45, 2.75) is 19.2 Å². The van der Waals surface area contributed by atoms with E-state index >= 15 is 0 Å². The van der Waals surface area contributed by atoms with Crippen molar-refractivity contribution in [2.75, 3.05) is 23.8 Å². The molecule has 1 aromatic rings. The quantitative estimate of drug-likeness (QED) is 0.772. The fraction of sp³-hybridized carbons (Fsp3) is 0.500. The fourth-order valence-corrected chi connectivity index (χ4v) is 4.05. The van der Waals surface area contributed by atoms with Crippen molar-refractivity contribution >= 4 is 29.4 Å². The van der Waals surface area contributed by atoms with Crippen LogP contribution in [0.15, 0.2) is 24.3 Å². The van der Waals surface area contributed by atoms with E-state index < -0.39 is 0 Å². The summed E-state index contributed by atoms with van der Waals surface area (Å²) < 4.78 is 0. The number of nitrogens with zero attached hydrogens (tertiary/aromatic N) is 1. The molecule has 1 saturated heterocycles. The van der Waals surface area contributed by atoms with Gasteiger partial charge in [0.1, 0.15) is 5.37 Å². The van der Waals surface area contributed by atoms with Crippen LogP contribution in [0.1, 0.15) is 23.4 Å². The molecule has 1 amide bonds. The molecule has 0 aromatic heterocycles. The molecule has 1 aliphatic rings. The molecule has 0 saturated carbocycles. The van der Waals surface area contributed by atoms with Gasteiger partial charge in [-0.3, -0.25) is 4.79 Å². The Balaban J connectivity index is 2.11. The van der Waals surface area contributed by atoms with Gasteiger partial charge in [-0.15, -0.1) is 11.8 Å². The third-order valence-electron chi connectivity index (χ3n) is 3.10. The van der Waals surface area contributed by atoms with E-state index in [0.29, 0.717) is 5.75 Å². The lowest BCUT2D eigenvalue weighted by molar-refractivity contribution is -0.127. The number of carbonyl (C=O) groups is 1. The molecule has 0 spiro atoms. The molecule has 4 heteroatoms. The molecule has 98 valence electrons. The van der Waals surface area contributed by atoms with Crippen LogP contribution in [0.2, 0.25) is 0 Å². The fourth-order valence-electron chi connectivity index (χ4n) is 2.12. The van der Waals surface area contributed by atoms with E-state index in [1.165, 1.54) is 11.1 Å². The average Bonchev–Trinajstić information content (AvgIpc) is 2.72. The maximum atomic E-state index is 12.0. The van der Waals surface area contributed by atoms with Gasteiger partial charge in [0.2, 0.25) is 5.91 Å². The minimum Gasteiger partial charge on any atom is -0.325 e. The first-order chi connectivity index (χ1) is 8.74. The van der Waals surface area contributed by atoms with E-state index in [0.717, 1.165) is 18.1 Å². The number of hydrogen-bond acceptors (Lipinski definition) is 3. The highest BCUT2D eigenvalue weighted by molar-refractivity contribution is 8.00. The number of hydrogen-bond donors (Lipinski definition) is 0. The highest BCUT2D eigenvalue weighted by Crippen LogP contribution is 2.39. The molecule has 1 unspecified atom stereocenters. The Kier molecular flexibility index (Phi) is 5.01. The van der Waals surface area contributed by atoms with E-state index in [9.17, 15) is 4.79 Å². The zero-order valence-corrected chi connectivity index (χ0v) is 12.5. The van der Waals surface area contributed by atoms with Gasteiger partial charge in [0.25, 0.3) is 0 Å². The summed E-state index contributed by atoms with van der Waals surface area (Å²) >= 11 is 3.65. The number of carbonyl (C=O) groups excluding carboxylic acids is 1. The lowest BCUT2D eigenvalue weighted by atomic mass is 10.1. The third-order valence-corrected chi connectivity index (χ3v) is 5.22. The molecule has 0 radical (unpaired) electrons. The van der Waals surface area contributed by atoms with E-state index in [4.69, 9.17) is 0 Å². The standard InChI is InChI=1S/C14H19NOS2/c1-3-17-9-8-15-13(16)10-18-14(15)12-7-5-4-6-11(12)2/h4-7,14H,3,8-10H2,1-2H3. The predicted octanol–water partition coefficient (Wildman–Crippen LogP) is 3.32. The second kappa shape index (κ2) is 6.53. The van der Waals surface area contributed by atoms with Crippen molar-refractivity contribution in [1.82, 2.24) is 4.90 Å². The number of amides is 1. The van der Waals surface area contributed by atoms with Gasteiger partial charge in [-0.1, -0.05) is 31.2 Å². The first kappa shape index (κ1) is 13.8. The van der Waals surface area contributed by atoms with E-state index in [1.54, 1.807) is 11.8 Å². The topological polar surface area (TPSA) is 20.3 Å². The van der Waals surface area contributed by atoms with Crippen molar-refractivity contribution in [1.29, 1.82) is 0 Å². The van der Waals surface area contributed by atoms with Gasteiger partial charge in [0.05, 0.1) is 5.75 Å². The summed E-state index contributed by atoms with van der Waals surface area (Å²) in [5.41, 5.74) is 2.56. The Morgan fingerprint density at radius 2 is 2.22 bits per heavy atom. The van der Waals surface area contributed by atoms with Crippen molar-refractivity contribution in [3.05, 3.63) is 35.4 Å². The number of rotatable bonds is 5. The Morgan fingerprint density at radius 3 is 2.94 bits per heavy atom. The summed E-state index contributed by atoms with van der Waals surface area (Å²) in [6.07, 6.45) is 0. The molecule has 1 atom stereocenters. The molecule has 0 aliphatic carbocycles. The van der Waals surface area contributed by atoms with Gasteiger partial charge < -0.3 is 4.90 Å². The molecule has 0 N–H and O–H groups in total. The van der Waals surface area contributed by atoms with Gasteiger partial charge in [0, 0.05) is 12.3 Å². The second-order valence-corrected chi connectivity index (χ2v) is 6.77. The summed E-state index contributed by atoms with van der Waals surface area (Å²) in [6.45, 7) is 5.14. The van der Waals surface area contributed by atoms with Crippen LogP contribution in [0.3, 0.4) is 0 Å². The molecule has 18 heavy (non-hydrogen) atoms. The third kappa shape index (κ3) is 3.04. The Hall–Kier alpha value is -0.610. The van der Waals surface area contributed by atoms with Crippen LogP contribution in [-0.2, 0) is 4.79 Å². The number of thioether (sulfide) groups is 2. The highest BCUT2D eigenvalue weighted by Gasteiger charge is 2.32. The Morgan fingerprint density at radius 1 is 1.44 bits per heavy atom. The maximum absolute atomic E-state index is 12.0. The molecule has 1 aromatic carbocycles. The summed E-state index contributed by atoms with van der Waals surface area (Å²) in [5.74, 6) is 3.05. The van der Waals surface area contributed by atoms with E-state index in [1.807, 2.05) is 16.7 Å². The van der Waals surface area contributed by atoms with Crippen LogP contribution in [0, 0.1) is 6.92 Å². The summed E-state index contributed by atoms with van der Waals surface area (Å²) in [6, 6.07) is 8.38. The van der Waals surface area contributed by atoms with Gasteiger partial charge >= 0.3 is 0 Å². The Labute approximate surface area is 118 Å². The first-order valence-corrected chi connectivity index (χ1v) is 8.48. The van der Waals surface area contributed by atoms with Gasteiger partial charge in [-0.05, 0) is 23.8 Å². The number of aryl methyl sites for hydroxylation is 1. The molecular formula is C14H19NOS2. The molecule has 1 fully saturated rings. The van der Waals surface area contributed by atoms with Crippen molar-refractivity contribution < 1.29 is 4.79 Å². The molecule has 2 nitrogen and oxygen atoms in total. The van der Waals surface area contributed by atoms with Crippen molar-refractivity contribution in [3.63, 3.8) is 0 Å². The summed E-state index contributed by atoms with van der Waals surface area (Å²) in [5, 5.41) is 0.219. The second-order valence-electron chi connectivity index (χ2n) is 4.30. The zero-order chi connectivity index (χ0) is 13.0. The minimum absolute atomic E-state index is 0.219. The first-order valence-electron chi connectivity index (χ1n) is 6.28. The van der Waals surface area contributed by atoms with Crippen LogP contribution in [0.25, 0.3) is 0 Å². The minimum atomic E-state index is 0.219. The smallest absolute Gasteiger partial charge is 0.233 e. The monoisotopic (exact) mass is 281 g/mol.